The van der Waals surface area contributed by atoms with Crippen molar-refractivity contribution in [2.45, 2.75) is 4.90 Å². The van der Waals surface area contributed by atoms with E-state index in [0.717, 1.165) is 11.1 Å². The van der Waals surface area contributed by atoms with E-state index in [1.54, 1.807) is 11.0 Å². The number of fused-ring (bicyclic) bond motifs is 1. The van der Waals surface area contributed by atoms with Crippen molar-refractivity contribution in [2.75, 3.05) is 39.4 Å². The van der Waals surface area contributed by atoms with Gasteiger partial charge in [0.2, 0.25) is 10.0 Å². The molecule has 0 spiro atoms. The first-order valence-electron chi connectivity index (χ1n) is 11.5. The summed E-state index contributed by atoms with van der Waals surface area (Å²) in [6.45, 7) is 1.88. The molecule has 35 heavy (non-hydrogen) atoms. The first-order chi connectivity index (χ1) is 17.0. The minimum absolute atomic E-state index is 0.114. The van der Waals surface area contributed by atoms with Gasteiger partial charge in [-0.05, 0) is 29.3 Å². The van der Waals surface area contributed by atoms with E-state index in [2.05, 4.69) is 0 Å². The summed E-state index contributed by atoms with van der Waals surface area (Å²) in [6, 6.07) is 23.9. The Hall–Kier alpha value is -3.62. The van der Waals surface area contributed by atoms with Crippen molar-refractivity contribution in [1.82, 2.24) is 9.21 Å². The Morgan fingerprint density at radius 1 is 0.771 bits per heavy atom. The highest BCUT2D eigenvalue weighted by atomic mass is 32.2. The Morgan fingerprint density at radius 2 is 1.40 bits per heavy atom. The summed E-state index contributed by atoms with van der Waals surface area (Å²) in [4.78, 5) is 15.4. The molecule has 0 atom stereocenters. The van der Waals surface area contributed by atoms with Gasteiger partial charge in [0, 0.05) is 37.8 Å². The van der Waals surface area contributed by atoms with Crippen LogP contribution in [0.4, 0.5) is 0 Å². The third-order valence-corrected chi connectivity index (χ3v) is 8.00. The zero-order valence-corrected chi connectivity index (χ0v) is 20.0. The number of amides is 1. The van der Waals surface area contributed by atoms with Crippen molar-refractivity contribution in [3.8, 4) is 11.5 Å². The minimum Gasteiger partial charge on any atom is -0.486 e. The van der Waals surface area contributed by atoms with Crippen LogP contribution in [0.2, 0.25) is 0 Å². The lowest BCUT2D eigenvalue weighted by molar-refractivity contribution is -0.126. The van der Waals surface area contributed by atoms with Gasteiger partial charge < -0.3 is 14.4 Å². The number of carbonyl (C=O) groups is 1. The maximum absolute atomic E-state index is 13.5. The largest absolute Gasteiger partial charge is 0.486 e. The van der Waals surface area contributed by atoms with Crippen molar-refractivity contribution < 1.29 is 22.7 Å². The van der Waals surface area contributed by atoms with Crippen molar-refractivity contribution in [3.05, 3.63) is 90.0 Å². The summed E-state index contributed by atoms with van der Waals surface area (Å²) in [5, 5.41) is 0. The molecule has 0 bridgehead atoms. The highest BCUT2D eigenvalue weighted by molar-refractivity contribution is 7.89. The van der Waals surface area contributed by atoms with E-state index >= 15 is 0 Å². The number of ether oxygens (including phenoxy) is 2. The molecule has 0 radical (unpaired) electrons. The molecule has 1 saturated heterocycles. The Morgan fingerprint density at radius 3 is 2.09 bits per heavy atom. The van der Waals surface area contributed by atoms with E-state index in [1.165, 1.54) is 16.4 Å². The number of hydrogen-bond donors (Lipinski definition) is 0. The lowest BCUT2D eigenvalue weighted by Gasteiger charge is -2.34. The van der Waals surface area contributed by atoms with E-state index in [1.807, 2.05) is 66.7 Å². The van der Waals surface area contributed by atoms with Crippen molar-refractivity contribution in [1.29, 1.82) is 0 Å². The fourth-order valence-electron chi connectivity index (χ4n) is 4.24. The lowest BCUT2D eigenvalue weighted by Crippen LogP contribution is -2.50. The molecule has 2 aliphatic rings. The summed E-state index contributed by atoms with van der Waals surface area (Å²) in [5.74, 6) is 0.866. The maximum atomic E-state index is 13.5. The van der Waals surface area contributed by atoms with Crippen molar-refractivity contribution >= 4 is 27.6 Å². The molecule has 2 heterocycles. The molecule has 0 N–H and O–H groups in total. The summed E-state index contributed by atoms with van der Waals surface area (Å²) >= 11 is 0. The van der Waals surface area contributed by atoms with Crippen molar-refractivity contribution in [3.63, 3.8) is 0 Å². The molecule has 1 amide bonds. The number of rotatable bonds is 5. The SMILES string of the molecule is O=C(C(=Cc1ccccc1)c1ccccc1)N1CCN(S(=O)(=O)c2ccc3c(c2)OCCO3)CC1. The number of carbonyl (C=O) groups excluding carboxylic acids is 1. The predicted octanol–water partition coefficient (Wildman–Crippen LogP) is 3.53. The van der Waals surface area contributed by atoms with Gasteiger partial charge >= 0.3 is 0 Å². The first kappa shape index (κ1) is 23.1. The van der Waals surface area contributed by atoms with Gasteiger partial charge in [-0.1, -0.05) is 60.7 Å². The van der Waals surface area contributed by atoms with E-state index in [0.29, 0.717) is 43.4 Å². The van der Waals surface area contributed by atoms with Crippen LogP contribution < -0.4 is 9.47 Å². The number of sulfonamides is 1. The highest BCUT2D eigenvalue weighted by Gasteiger charge is 2.32. The van der Waals surface area contributed by atoms with Gasteiger partial charge in [0.25, 0.3) is 5.91 Å². The Labute approximate surface area is 205 Å². The molecular weight excluding hydrogens is 464 g/mol. The van der Waals surface area contributed by atoms with Crippen LogP contribution in [0.3, 0.4) is 0 Å². The molecular formula is C27H26N2O5S. The highest BCUT2D eigenvalue weighted by Crippen LogP contribution is 2.33. The van der Waals surface area contributed by atoms with Crippen molar-refractivity contribution in [2.24, 2.45) is 0 Å². The molecule has 5 rings (SSSR count). The second-order valence-electron chi connectivity index (χ2n) is 8.34. The maximum Gasteiger partial charge on any atom is 0.254 e. The Kier molecular flexibility index (Phi) is 6.57. The fourth-order valence-corrected chi connectivity index (χ4v) is 5.68. The Balaban J connectivity index is 1.33. The van der Waals surface area contributed by atoms with Crippen LogP contribution >= 0.6 is 0 Å². The third-order valence-electron chi connectivity index (χ3n) is 6.10. The summed E-state index contributed by atoms with van der Waals surface area (Å²) in [5.41, 5.74) is 2.34. The van der Waals surface area contributed by atoms with Crippen LogP contribution in [0.25, 0.3) is 11.6 Å². The molecule has 2 aliphatic heterocycles. The summed E-state index contributed by atoms with van der Waals surface area (Å²) < 4.78 is 39.0. The second kappa shape index (κ2) is 9.93. The molecule has 1 fully saturated rings. The van der Waals surface area contributed by atoms with Gasteiger partial charge in [-0.3, -0.25) is 4.79 Å². The molecule has 180 valence electrons. The number of hydrogen-bond acceptors (Lipinski definition) is 5. The monoisotopic (exact) mass is 490 g/mol. The molecule has 3 aromatic carbocycles. The zero-order chi connectivity index (χ0) is 24.3. The number of piperazine rings is 1. The molecule has 0 saturated carbocycles. The molecule has 0 unspecified atom stereocenters. The molecule has 3 aromatic rings. The van der Waals surface area contributed by atoms with Gasteiger partial charge in [0.15, 0.2) is 11.5 Å². The summed E-state index contributed by atoms with van der Waals surface area (Å²) in [6.07, 6.45) is 1.88. The Bertz CT molecular complexity index is 1330. The predicted molar refractivity (Wildman–Crippen MR) is 134 cm³/mol. The van der Waals surface area contributed by atoms with Gasteiger partial charge in [-0.25, -0.2) is 8.42 Å². The van der Waals surface area contributed by atoms with E-state index in [-0.39, 0.29) is 23.9 Å². The van der Waals surface area contributed by atoms with Crippen LogP contribution in [0.1, 0.15) is 11.1 Å². The normalized spacial score (nSPS) is 16.7. The third kappa shape index (κ3) is 4.94. The quantitative estimate of drug-likeness (QED) is 0.404. The second-order valence-corrected chi connectivity index (χ2v) is 10.3. The average molecular weight is 491 g/mol. The van der Waals surface area contributed by atoms with Gasteiger partial charge in [0.1, 0.15) is 13.2 Å². The van der Waals surface area contributed by atoms with Crippen LogP contribution in [-0.4, -0.2) is 62.9 Å². The lowest BCUT2D eigenvalue weighted by atomic mass is 10.0. The van der Waals surface area contributed by atoms with Crippen LogP contribution in [0.5, 0.6) is 11.5 Å². The first-order valence-corrected chi connectivity index (χ1v) is 13.0. The van der Waals surface area contributed by atoms with Gasteiger partial charge in [-0.15, -0.1) is 0 Å². The number of nitrogens with zero attached hydrogens (tertiary/aromatic N) is 2. The zero-order valence-electron chi connectivity index (χ0n) is 19.2. The standard InChI is InChI=1S/C27H26N2O5S/c30-27(24(22-9-5-2-6-10-22)19-21-7-3-1-4-8-21)28-13-15-29(16-14-28)35(31,32)23-11-12-25-26(20-23)34-18-17-33-25/h1-12,19-20H,13-18H2. The fraction of sp³-hybridized carbons (Fsp3) is 0.222. The summed E-state index contributed by atoms with van der Waals surface area (Å²) in [7, 11) is -3.72. The van der Waals surface area contributed by atoms with Gasteiger partial charge in [0.05, 0.1) is 4.90 Å². The van der Waals surface area contributed by atoms with Crippen LogP contribution in [0.15, 0.2) is 83.8 Å². The van der Waals surface area contributed by atoms with Crippen LogP contribution in [0, 0.1) is 0 Å². The minimum atomic E-state index is -3.72. The van der Waals surface area contributed by atoms with Gasteiger partial charge in [-0.2, -0.15) is 4.31 Å². The molecule has 0 aromatic heterocycles. The van der Waals surface area contributed by atoms with E-state index in [4.69, 9.17) is 9.47 Å². The average Bonchev–Trinajstić information content (AvgIpc) is 2.92. The number of benzene rings is 3. The van der Waals surface area contributed by atoms with E-state index in [9.17, 15) is 13.2 Å². The molecule has 0 aliphatic carbocycles. The smallest absolute Gasteiger partial charge is 0.254 e. The molecule has 7 nitrogen and oxygen atoms in total. The molecule has 8 heteroatoms. The topological polar surface area (TPSA) is 76.2 Å². The van der Waals surface area contributed by atoms with E-state index < -0.39 is 10.0 Å². The van der Waals surface area contributed by atoms with Crippen LogP contribution in [-0.2, 0) is 14.8 Å².